The lowest BCUT2D eigenvalue weighted by Crippen LogP contribution is -2.31. The van der Waals surface area contributed by atoms with Crippen LogP contribution in [0, 0.1) is 0 Å². The second kappa shape index (κ2) is 4.38. The summed E-state index contributed by atoms with van der Waals surface area (Å²) in [6.45, 7) is 6.45. The van der Waals surface area contributed by atoms with E-state index < -0.39 is 0 Å². The Kier molecular flexibility index (Phi) is 3.39. The normalized spacial score (nSPS) is 11.4. The van der Waals surface area contributed by atoms with Gasteiger partial charge < -0.3 is 16.8 Å². The lowest BCUT2D eigenvalue weighted by atomic mass is 9.99. The van der Waals surface area contributed by atoms with Crippen molar-refractivity contribution in [1.82, 2.24) is 4.98 Å². The SMILES string of the molecule is CCCC(C)(C)Nc1ccc(N)c(N)n1. The van der Waals surface area contributed by atoms with Gasteiger partial charge in [-0.1, -0.05) is 13.3 Å². The lowest BCUT2D eigenvalue weighted by molar-refractivity contribution is 0.509. The van der Waals surface area contributed by atoms with E-state index in [1.54, 1.807) is 6.07 Å². The summed E-state index contributed by atoms with van der Waals surface area (Å²) >= 11 is 0. The Morgan fingerprint density at radius 2 is 2.00 bits per heavy atom. The van der Waals surface area contributed by atoms with Crippen molar-refractivity contribution < 1.29 is 0 Å². The maximum Gasteiger partial charge on any atom is 0.149 e. The first-order chi connectivity index (χ1) is 6.94. The maximum absolute atomic E-state index is 5.64. The standard InChI is InChI=1S/C11H20N4/c1-4-7-11(2,3)15-9-6-5-8(12)10(13)14-9/h5-6H,4,7,12H2,1-3H3,(H3,13,14,15). The first-order valence-corrected chi connectivity index (χ1v) is 5.25. The number of nitrogens with zero attached hydrogens (tertiary/aromatic N) is 1. The van der Waals surface area contributed by atoms with Crippen LogP contribution in [0.1, 0.15) is 33.6 Å². The van der Waals surface area contributed by atoms with E-state index in [0.717, 1.165) is 18.7 Å². The minimum Gasteiger partial charge on any atom is -0.396 e. The fourth-order valence-electron chi connectivity index (χ4n) is 1.59. The molecule has 15 heavy (non-hydrogen) atoms. The molecular formula is C11H20N4. The van der Waals surface area contributed by atoms with Crippen LogP contribution in [0.25, 0.3) is 0 Å². The highest BCUT2D eigenvalue weighted by molar-refractivity contribution is 5.61. The number of anilines is 3. The minimum atomic E-state index is 0.0320. The van der Waals surface area contributed by atoms with Gasteiger partial charge in [0.05, 0.1) is 5.69 Å². The summed E-state index contributed by atoms with van der Waals surface area (Å²) in [7, 11) is 0. The molecule has 0 aliphatic carbocycles. The van der Waals surface area contributed by atoms with Crippen molar-refractivity contribution in [3.8, 4) is 0 Å². The third-order valence-corrected chi connectivity index (χ3v) is 2.30. The fraction of sp³-hybridized carbons (Fsp3) is 0.545. The summed E-state index contributed by atoms with van der Waals surface area (Å²) in [4.78, 5) is 4.18. The van der Waals surface area contributed by atoms with Gasteiger partial charge in [-0.05, 0) is 32.4 Å². The fourth-order valence-corrected chi connectivity index (χ4v) is 1.59. The minimum absolute atomic E-state index is 0.0320. The summed E-state index contributed by atoms with van der Waals surface area (Å²) in [6, 6.07) is 3.62. The first-order valence-electron chi connectivity index (χ1n) is 5.25. The maximum atomic E-state index is 5.64. The Hall–Kier alpha value is -1.45. The molecule has 1 heterocycles. The zero-order valence-electron chi connectivity index (χ0n) is 9.67. The van der Waals surface area contributed by atoms with Gasteiger partial charge in [0.1, 0.15) is 11.6 Å². The van der Waals surface area contributed by atoms with E-state index in [0.29, 0.717) is 11.5 Å². The number of hydrogen-bond donors (Lipinski definition) is 3. The van der Waals surface area contributed by atoms with Crippen LogP contribution in [0.5, 0.6) is 0 Å². The van der Waals surface area contributed by atoms with Crippen molar-refractivity contribution in [2.45, 2.75) is 39.2 Å². The van der Waals surface area contributed by atoms with Crippen molar-refractivity contribution in [2.75, 3.05) is 16.8 Å². The van der Waals surface area contributed by atoms with Crippen molar-refractivity contribution in [3.63, 3.8) is 0 Å². The molecule has 0 unspecified atom stereocenters. The molecule has 0 atom stereocenters. The number of nitrogen functional groups attached to an aromatic ring is 2. The Bertz CT molecular complexity index is 333. The largest absolute Gasteiger partial charge is 0.396 e. The number of nitrogens with two attached hydrogens (primary N) is 2. The molecule has 1 aromatic rings. The molecule has 0 fully saturated rings. The number of aromatic nitrogens is 1. The third-order valence-electron chi connectivity index (χ3n) is 2.30. The summed E-state index contributed by atoms with van der Waals surface area (Å²) < 4.78 is 0. The van der Waals surface area contributed by atoms with E-state index in [4.69, 9.17) is 11.5 Å². The second-order valence-corrected chi connectivity index (χ2v) is 4.43. The average molecular weight is 208 g/mol. The van der Waals surface area contributed by atoms with Crippen molar-refractivity contribution >= 4 is 17.3 Å². The molecule has 5 N–H and O–H groups in total. The Morgan fingerprint density at radius 3 is 2.53 bits per heavy atom. The molecule has 0 spiro atoms. The summed E-state index contributed by atoms with van der Waals surface area (Å²) in [5, 5.41) is 3.34. The molecule has 84 valence electrons. The summed E-state index contributed by atoms with van der Waals surface area (Å²) in [6.07, 6.45) is 2.21. The number of nitrogens with one attached hydrogen (secondary N) is 1. The van der Waals surface area contributed by atoms with Gasteiger partial charge in [-0.3, -0.25) is 0 Å². The van der Waals surface area contributed by atoms with E-state index >= 15 is 0 Å². The van der Waals surface area contributed by atoms with Crippen LogP contribution in [0.2, 0.25) is 0 Å². The van der Waals surface area contributed by atoms with Gasteiger partial charge in [0, 0.05) is 5.54 Å². The van der Waals surface area contributed by atoms with E-state index in [9.17, 15) is 0 Å². The number of hydrogen-bond acceptors (Lipinski definition) is 4. The smallest absolute Gasteiger partial charge is 0.149 e. The molecule has 0 saturated heterocycles. The third kappa shape index (κ3) is 3.31. The van der Waals surface area contributed by atoms with Crippen LogP contribution in [-0.4, -0.2) is 10.5 Å². The second-order valence-electron chi connectivity index (χ2n) is 4.43. The zero-order valence-corrected chi connectivity index (χ0v) is 9.67. The van der Waals surface area contributed by atoms with Gasteiger partial charge in [-0.15, -0.1) is 0 Å². The van der Waals surface area contributed by atoms with E-state index in [2.05, 4.69) is 31.1 Å². The number of rotatable bonds is 4. The van der Waals surface area contributed by atoms with E-state index in [1.807, 2.05) is 6.07 Å². The highest BCUT2D eigenvalue weighted by Gasteiger charge is 2.16. The van der Waals surface area contributed by atoms with Crippen LogP contribution < -0.4 is 16.8 Å². The van der Waals surface area contributed by atoms with Gasteiger partial charge in [0.25, 0.3) is 0 Å². The molecule has 0 aliphatic heterocycles. The number of pyridine rings is 1. The lowest BCUT2D eigenvalue weighted by Gasteiger charge is -2.26. The van der Waals surface area contributed by atoms with Crippen molar-refractivity contribution in [2.24, 2.45) is 0 Å². The Morgan fingerprint density at radius 1 is 1.33 bits per heavy atom. The van der Waals surface area contributed by atoms with Crippen molar-refractivity contribution in [1.29, 1.82) is 0 Å². The van der Waals surface area contributed by atoms with Crippen LogP contribution in [0.4, 0.5) is 17.3 Å². The molecule has 0 saturated carbocycles. The molecule has 4 nitrogen and oxygen atoms in total. The summed E-state index contributed by atoms with van der Waals surface area (Å²) in [5.41, 5.74) is 11.8. The topological polar surface area (TPSA) is 77.0 Å². The van der Waals surface area contributed by atoms with Gasteiger partial charge in [0.2, 0.25) is 0 Å². The highest BCUT2D eigenvalue weighted by atomic mass is 15.1. The Balaban J connectivity index is 2.76. The molecule has 1 aromatic heterocycles. The first kappa shape index (κ1) is 11.6. The zero-order chi connectivity index (χ0) is 11.5. The van der Waals surface area contributed by atoms with Gasteiger partial charge in [-0.25, -0.2) is 4.98 Å². The predicted molar refractivity (Wildman–Crippen MR) is 65.7 cm³/mol. The molecular weight excluding hydrogens is 188 g/mol. The molecule has 0 aromatic carbocycles. The van der Waals surface area contributed by atoms with E-state index in [-0.39, 0.29) is 5.54 Å². The van der Waals surface area contributed by atoms with E-state index in [1.165, 1.54) is 0 Å². The average Bonchev–Trinajstić information content (AvgIpc) is 2.10. The monoisotopic (exact) mass is 208 g/mol. The van der Waals surface area contributed by atoms with Crippen LogP contribution >= 0.6 is 0 Å². The van der Waals surface area contributed by atoms with Crippen molar-refractivity contribution in [3.05, 3.63) is 12.1 Å². The molecule has 0 radical (unpaired) electrons. The van der Waals surface area contributed by atoms with Crippen LogP contribution in [-0.2, 0) is 0 Å². The molecule has 1 rings (SSSR count). The van der Waals surface area contributed by atoms with Gasteiger partial charge in [-0.2, -0.15) is 0 Å². The predicted octanol–water partition coefficient (Wildman–Crippen LogP) is 2.24. The quantitative estimate of drug-likeness (QED) is 0.709. The molecule has 0 bridgehead atoms. The molecule has 4 heteroatoms. The van der Waals surface area contributed by atoms with Gasteiger partial charge >= 0.3 is 0 Å². The van der Waals surface area contributed by atoms with Crippen LogP contribution in [0.15, 0.2) is 12.1 Å². The van der Waals surface area contributed by atoms with Crippen LogP contribution in [0.3, 0.4) is 0 Å². The summed E-state index contributed by atoms with van der Waals surface area (Å²) in [5.74, 6) is 1.16. The van der Waals surface area contributed by atoms with Gasteiger partial charge in [0.15, 0.2) is 0 Å². The molecule has 0 amide bonds. The Labute approximate surface area is 91.1 Å². The molecule has 0 aliphatic rings. The highest BCUT2D eigenvalue weighted by Crippen LogP contribution is 2.20.